The molecule has 0 atom stereocenters. The highest BCUT2D eigenvalue weighted by atomic mass is 79.9. The van der Waals surface area contributed by atoms with E-state index in [1.807, 2.05) is 25.1 Å². The van der Waals surface area contributed by atoms with Gasteiger partial charge in [-0.15, -0.1) is 0 Å². The lowest BCUT2D eigenvalue weighted by atomic mass is 10.1. The fourth-order valence-electron chi connectivity index (χ4n) is 1.74. The van der Waals surface area contributed by atoms with Crippen LogP contribution in [0, 0.1) is 6.92 Å². The number of nitrogens with one attached hydrogen (secondary N) is 1. The van der Waals surface area contributed by atoms with Gasteiger partial charge in [0.2, 0.25) is 0 Å². The van der Waals surface area contributed by atoms with E-state index in [0.29, 0.717) is 11.4 Å². The summed E-state index contributed by atoms with van der Waals surface area (Å²) < 4.78 is 0.922. The lowest BCUT2D eigenvalue weighted by Crippen LogP contribution is -2.05. The van der Waals surface area contributed by atoms with Crippen molar-refractivity contribution in [1.82, 2.24) is 0 Å². The minimum atomic E-state index is -1.09. The van der Waals surface area contributed by atoms with Gasteiger partial charge in [-0.05, 0) is 36.8 Å². The lowest BCUT2D eigenvalue weighted by Gasteiger charge is -2.13. The average Bonchev–Trinajstić information content (AvgIpc) is 2.36. The van der Waals surface area contributed by atoms with Crippen LogP contribution in [0.25, 0.3) is 0 Å². The predicted molar refractivity (Wildman–Crippen MR) is 85.0 cm³/mol. The van der Waals surface area contributed by atoms with E-state index in [9.17, 15) is 9.90 Å². The second kappa shape index (κ2) is 5.73. The molecule has 0 aliphatic rings. The van der Waals surface area contributed by atoms with Crippen LogP contribution in [0.1, 0.15) is 15.9 Å². The Balaban J connectivity index is 2.47. The number of carboxylic acids is 1. The number of halogens is 2. The van der Waals surface area contributed by atoms with Gasteiger partial charge in [-0.25, -0.2) is 4.79 Å². The van der Waals surface area contributed by atoms with E-state index in [1.165, 1.54) is 12.1 Å². The third-order valence-corrected chi connectivity index (χ3v) is 3.94. The molecular weight excluding hydrogens is 344 g/mol. The number of rotatable bonds is 3. The summed E-state index contributed by atoms with van der Waals surface area (Å²) >= 11 is 9.51. The van der Waals surface area contributed by atoms with Gasteiger partial charge in [0.1, 0.15) is 0 Å². The number of benzene rings is 2. The van der Waals surface area contributed by atoms with Crippen molar-refractivity contribution < 1.29 is 9.90 Å². The van der Waals surface area contributed by atoms with Crippen molar-refractivity contribution in [3.8, 4) is 0 Å². The minimum Gasteiger partial charge on any atom is -0.478 e. The Labute approximate surface area is 129 Å². The summed E-state index contributed by atoms with van der Waals surface area (Å²) in [6.07, 6.45) is 0. The molecule has 0 aromatic heterocycles. The van der Waals surface area contributed by atoms with Crippen LogP contribution in [-0.4, -0.2) is 11.1 Å². The van der Waals surface area contributed by atoms with Crippen molar-refractivity contribution in [3.63, 3.8) is 0 Å². The molecule has 20 heavy (non-hydrogen) atoms. The molecule has 2 aromatic rings. The fraction of sp³-hybridized carbons (Fsp3) is 0.0714. The summed E-state index contributed by atoms with van der Waals surface area (Å²) in [7, 11) is 0. The standard InChI is InChI=1S/C14H12BrClN2O2/c1-7-2-3-9(6-11(7)15)18-13-10(14(19)20)4-8(17)5-12(13)16/h2-6,18H,17H2,1H3,(H,19,20). The van der Waals surface area contributed by atoms with Crippen LogP contribution < -0.4 is 11.1 Å². The van der Waals surface area contributed by atoms with Gasteiger partial charge >= 0.3 is 5.97 Å². The molecule has 0 saturated heterocycles. The maximum absolute atomic E-state index is 11.3. The largest absolute Gasteiger partial charge is 0.478 e. The molecule has 2 rings (SSSR count). The smallest absolute Gasteiger partial charge is 0.337 e. The summed E-state index contributed by atoms with van der Waals surface area (Å²) in [5.74, 6) is -1.09. The Hall–Kier alpha value is -1.72. The van der Waals surface area contributed by atoms with Crippen LogP contribution in [0.5, 0.6) is 0 Å². The maximum atomic E-state index is 11.3. The molecule has 0 fully saturated rings. The molecule has 6 heteroatoms. The number of hydrogen-bond acceptors (Lipinski definition) is 3. The quantitative estimate of drug-likeness (QED) is 0.712. The van der Waals surface area contributed by atoms with Gasteiger partial charge in [-0.2, -0.15) is 0 Å². The van der Waals surface area contributed by atoms with Crippen molar-refractivity contribution in [1.29, 1.82) is 0 Å². The van der Waals surface area contributed by atoms with E-state index >= 15 is 0 Å². The molecule has 0 bridgehead atoms. The van der Waals surface area contributed by atoms with E-state index in [-0.39, 0.29) is 10.6 Å². The molecule has 2 aromatic carbocycles. The van der Waals surface area contributed by atoms with Crippen LogP contribution in [0.4, 0.5) is 17.1 Å². The number of carbonyl (C=O) groups is 1. The molecule has 0 spiro atoms. The lowest BCUT2D eigenvalue weighted by molar-refractivity contribution is 0.0698. The van der Waals surface area contributed by atoms with Gasteiger partial charge in [0.25, 0.3) is 0 Å². The summed E-state index contributed by atoms with van der Waals surface area (Å²) in [4.78, 5) is 11.3. The van der Waals surface area contributed by atoms with Crippen molar-refractivity contribution in [3.05, 3.63) is 51.0 Å². The first-order valence-corrected chi connectivity index (χ1v) is 6.91. The highest BCUT2D eigenvalue weighted by Crippen LogP contribution is 2.33. The van der Waals surface area contributed by atoms with Gasteiger partial charge in [0.15, 0.2) is 0 Å². The van der Waals surface area contributed by atoms with Gasteiger partial charge in [0.05, 0.1) is 16.3 Å². The zero-order valence-corrected chi connectivity index (χ0v) is 12.9. The Morgan fingerprint density at radius 1 is 1.35 bits per heavy atom. The van der Waals surface area contributed by atoms with Crippen molar-refractivity contribution >= 4 is 50.6 Å². The summed E-state index contributed by atoms with van der Waals surface area (Å²) in [6.45, 7) is 1.97. The molecule has 4 nitrogen and oxygen atoms in total. The van der Waals surface area contributed by atoms with Crippen molar-refractivity contribution in [2.45, 2.75) is 6.92 Å². The highest BCUT2D eigenvalue weighted by molar-refractivity contribution is 9.10. The maximum Gasteiger partial charge on any atom is 0.337 e. The molecule has 0 saturated carbocycles. The number of aromatic carboxylic acids is 1. The molecule has 0 heterocycles. The zero-order chi connectivity index (χ0) is 14.9. The van der Waals surface area contributed by atoms with E-state index in [0.717, 1.165) is 15.7 Å². The van der Waals surface area contributed by atoms with Crippen LogP contribution in [-0.2, 0) is 0 Å². The minimum absolute atomic E-state index is 0.0340. The molecule has 0 radical (unpaired) electrons. The second-order valence-corrected chi connectivity index (χ2v) is 5.58. The van der Waals surface area contributed by atoms with Crippen LogP contribution in [0.15, 0.2) is 34.8 Å². The fourth-order valence-corrected chi connectivity index (χ4v) is 2.39. The summed E-state index contributed by atoms with van der Waals surface area (Å²) in [5, 5.41) is 12.5. The van der Waals surface area contributed by atoms with E-state index in [1.54, 1.807) is 0 Å². The number of hydrogen-bond donors (Lipinski definition) is 3. The Kier molecular flexibility index (Phi) is 4.20. The Morgan fingerprint density at radius 2 is 2.05 bits per heavy atom. The SMILES string of the molecule is Cc1ccc(Nc2c(Cl)cc(N)cc2C(=O)O)cc1Br. The van der Waals surface area contributed by atoms with Gasteiger partial charge < -0.3 is 16.2 Å². The van der Waals surface area contributed by atoms with E-state index in [2.05, 4.69) is 21.2 Å². The average molecular weight is 356 g/mol. The molecule has 104 valence electrons. The van der Waals surface area contributed by atoms with Crippen LogP contribution in [0.2, 0.25) is 5.02 Å². The summed E-state index contributed by atoms with van der Waals surface area (Å²) in [6, 6.07) is 8.50. The van der Waals surface area contributed by atoms with E-state index in [4.69, 9.17) is 17.3 Å². The van der Waals surface area contributed by atoms with Gasteiger partial charge in [-0.1, -0.05) is 33.6 Å². The number of nitrogens with two attached hydrogens (primary N) is 1. The monoisotopic (exact) mass is 354 g/mol. The third kappa shape index (κ3) is 3.05. The predicted octanol–water partition coefficient (Wildman–Crippen LogP) is 4.43. The number of carboxylic acid groups (broad SMARTS) is 1. The van der Waals surface area contributed by atoms with Crippen molar-refractivity contribution in [2.24, 2.45) is 0 Å². The second-order valence-electron chi connectivity index (χ2n) is 4.32. The summed E-state index contributed by atoms with van der Waals surface area (Å²) in [5.41, 5.74) is 8.10. The molecule has 4 N–H and O–H groups in total. The van der Waals surface area contributed by atoms with E-state index < -0.39 is 5.97 Å². The Bertz CT molecular complexity index is 689. The first kappa shape index (κ1) is 14.7. The van der Waals surface area contributed by atoms with Crippen LogP contribution >= 0.6 is 27.5 Å². The molecule has 0 aliphatic carbocycles. The zero-order valence-electron chi connectivity index (χ0n) is 10.6. The number of anilines is 3. The third-order valence-electron chi connectivity index (χ3n) is 2.78. The number of nitrogen functional groups attached to an aromatic ring is 1. The van der Waals surface area contributed by atoms with Gasteiger partial charge in [-0.3, -0.25) is 0 Å². The van der Waals surface area contributed by atoms with Crippen LogP contribution in [0.3, 0.4) is 0 Å². The topological polar surface area (TPSA) is 75.3 Å². The highest BCUT2D eigenvalue weighted by Gasteiger charge is 2.15. The van der Waals surface area contributed by atoms with Crippen molar-refractivity contribution in [2.75, 3.05) is 11.1 Å². The molecule has 0 amide bonds. The van der Waals surface area contributed by atoms with Gasteiger partial charge in [0, 0.05) is 15.8 Å². The normalized spacial score (nSPS) is 10.3. The molecule has 0 unspecified atom stereocenters. The Morgan fingerprint density at radius 3 is 2.65 bits per heavy atom. The number of aryl methyl sites for hydroxylation is 1. The first-order valence-electron chi connectivity index (χ1n) is 5.74. The molecular formula is C14H12BrClN2O2. The first-order chi connectivity index (χ1) is 9.38. The molecule has 0 aliphatic heterocycles.